The Hall–Kier alpha value is -3.73. The van der Waals surface area contributed by atoms with Crippen LogP contribution in [-0.4, -0.2) is 20.7 Å². The normalized spacial score (nSPS) is 10.7. The van der Waals surface area contributed by atoms with Crippen LogP contribution < -0.4 is 5.32 Å². The van der Waals surface area contributed by atoms with Crippen molar-refractivity contribution in [1.82, 2.24) is 20.1 Å². The third-order valence-electron chi connectivity index (χ3n) is 4.69. The molecule has 0 radical (unpaired) electrons. The van der Waals surface area contributed by atoms with E-state index in [9.17, 15) is 4.79 Å². The largest absolute Gasteiger partial charge is 0.345 e. The molecule has 5 heteroatoms. The van der Waals surface area contributed by atoms with Gasteiger partial charge in [-0.25, -0.2) is 9.67 Å². The van der Waals surface area contributed by atoms with Crippen LogP contribution in [0.1, 0.15) is 27.3 Å². The fourth-order valence-corrected chi connectivity index (χ4v) is 3.02. The number of amides is 1. The first-order valence-electron chi connectivity index (χ1n) is 9.53. The van der Waals surface area contributed by atoms with E-state index in [0.29, 0.717) is 12.4 Å². The molecule has 1 amide bonds. The number of carbonyl (C=O) groups is 1. The Morgan fingerprint density at radius 2 is 1.48 bits per heavy atom. The molecule has 0 unspecified atom stereocenters. The lowest BCUT2D eigenvalue weighted by Crippen LogP contribution is -2.24. The molecule has 3 aromatic carbocycles. The second kappa shape index (κ2) is 8.10. The van der Waals surface area contributed by atoms with Crippen molar-refractivity contribution in [2.45, 2.75) is 20.4 Å². The van der Waals surface area contributed by atoms with Gasteiger partial charge in [-0.15, -0.1) is 5.10 Å². The second-order valence-corrected chi connectivity index (χ2v) is 7.04. The monoisotopic (exact) mass is 382 g/mol. The van der Waals surface area contributed by atoms with E-state index in [1.165, 1.54) is 0 Å². The summed E-state index contributed by atoms with van der Waals surface area (Å²) < 4.78 is 1.72. The minimum Gasteiger partial charge on any atom is -0.345 e. The molecule has 0 atom stereocenters. The van der Waals surface area contributed by atoms with Crippen molar-refractivity contribution in [2.75, 3.05) is 0 Å². The smallest absolute Gasteiger partial charge is 0.291 e. The maximum absolute atomic E-state index is 12.7. The van der Waals surface area contributed by atoms with E-state index in [1.54, 1.807) is 4.68 Å². The summed E-state index contributed by atoms with van der Waals surface area (Å²) in [5.74, 6) is 0.490. The van der Waals surface area contributed by atoms with Gasteiger partial charge in [0.1, 0.15) is 0 Å². The Morgan fingerprint density at radius 3 is 2.14 bits per heavy atom. The first-order valence-corrected chi connectivity index (χ1v) is 9.53. The third-order valence-corrected chi connectivity index (χ3v) is 4.69. The number of hydrogen-bond donors (Lipinski definition) is 1. The van der Waals surface area contributed by atoms with Crippen LogP contribution in [0.3, 0.4) is 0 Å². The third kappa shape index (κ3) is 4.24. The molecule has 0 saturated heterocycles. The Balaban J connectivity index is 1.68. The van der Waals surface area contributed by atoms with E-state index in [1.807, 2.05) is 92.7 Å². The summed E-state index contributed by atoms with van der Waals surface area (Å²) in [5, 5.41) is 7.41. The minimum absolute atomic E-state index is 0.150. The van der Waals surface area contributed by atoms with Crippen LogP contribution in [0, 0.1) is 13.8 Å². The number of aryl methyl sites for hydroxylation is 2. The number of benzene rings is 3. The summed E-state index contributed by atoms with van der Waals surface area (Å²) in [4.78, 5) is 17.3. The molecule has 0 saturated carbocycles. The van der Waals surface area contributed by atoms with Gasteiger partial charge in [-0.05, 0) is 31.5 Å². The fraction of sp³-hybridized carbons (Fsp3) is 0.125. The standard InChI is InChI=1S/C24H22N4O/c1-17-8-12-20(13-9-17)23-26-22(24(29)25-16-19-6-4-3-5-7-19)27-28(23)21-14-10-18(2)11-15-21/h3-15H,16H2,1-2H3,(H,25,29). The molecule has 0 spiro atoms. The summed E-state index contributed by atoms with van der Waals surface area (Å²) in [6, 6.07) is 25.8. The van der Waals surface area contributed by atoms with Gasteiger partial charge < -0.3 is 5.32 Å². The fourth-order valence-electron chi connectivity index (χ4n) is 3.02. The molecule has 144 valence electrons. The van der Waals surface area contributed by atoms with Crippen molar-refractivity contribution in [2.24, 2.45) is 0 Å². The summed E-state index contributed by atoms with van der Waals surface area (Å²) in [6.07, 6.45) is 0. The first-order chi connectivity index (χ1) is 14.1. The van der Waals surface area contributed by atoms with Crippen molar-refractivity contribution in [3.63, 3.8) is 0 Å². The molecule has 1 aromatic heterocycles. The maximum Gasteiger partial charge on any atom is 0.291 e. The average Bonchev–Trinajstić information content (AvgIpc) is 3.19. The minimum atomic E-state index is -0.298. The Bertz CT molecular complexity index is 1050. The number of rotatable bonds is 5. The van der Waals surface area contributed by atoms with Gasteiger partial charge in [0.05, 0.1) is 5.69 Å². The molecule has 1 heterocycles. The maximum atomic E-state index is 12.7. The summed E-state index contributed by atoms with van der Waals surface area (Å²) >= 11 is 0. The van der Waals surface area contributed by atoms with E-state index >= 15 is 0 Å². The van der Waals surface area contributed by atoms with Crippen molar-refractivity contribution >= 4 is 5.91 Å². The van der Waals surface area contributed by atoms with Gasteiger partial charge in [0.15, 0.2) is 5.82 Å². The molecule has 0 aliphatic heterocycles. The van der Waals surface area contributed by atoms with Gasteiger partial charge in [-0.1, -0.05) is 77.9 Å². The quantitative estimate of drug-likeness (QED) is 0.554. The van der Waals surface area contributed by atoms with E-state index in [2.05, 4.69) is 15.4 Å². The van der Waals surface area contributed by atoms with Crippen molar-refractivity contribution < 1.29 is 4.79 Å². The average molecular weight is 382 g/mol. The lowest BCUT2D eigenvalue weighted by Gasteiger charge is -2.06. The second-order valence-electron chi connectivity index (χ2n) is 7.04. The van der Waals surface area contributed by atoms with Crippen molar-refractivity contribution in [3.8, 4) is 17.1 Å². The van der Waals surface area contributed by atoms with Crippen LogP contribution in [0.15, 0.2) is 78.9 Å². The van der Waals surface area contributed by atoms with Gasteiger partial charge in [0, 0.05) is 12.1 Å². The first kappa shape index (κ1) is 18.6. The summed E-state index contributed by atoms with van der Waals surface area (Å²) in [7, 11) is 0. The Labute approximate surface area is 170 Å². The van der Waals surface area contributed by atoms with E-state index in [4.69, 9.17) is 0 Å². The van der Waals surface area contributed by atoms with Crippen LogP contribution in [-0.2, 0) is 6.54 Å². The number of aromatic nitrogens is 3. The zero-order valence-corrected chi connectivity index (χ0v) is 16.5. The van der Waals surface area contributed by atoms with E-state index < -0.39 is 0 Å². The van der Waals surface area contributed by atoms with Gasteiger partial charge >= 0.3 is 0 Å². The topological polar surface area (TPSA) is 59.8 Å². The lowest BCUT2D eigenvalue weighted by atomic mass is 10.1. The molecule has 5 nitrogen and oxygen atoms in total. The highest BCUT2D eigenvalue weighted by atomic mass is 16.2. The van der Waals surface area contributed by atoms with Crippen LogP contribution in [0.2, 0.25) is 0 Å². The van der Waals surface area contributed by atoms with Crippen molar-refractivity contribution in [1.29, 1.82) is 0 Å². The predicted octanol–water partition coefficient (Wildman–Crippen LogP) is 4.48. The Morgan fingerprint density at radius 1 is 0.862 bits per heavy atom. The van der Waals surface area contributed by atoms with Gasteiger partial charge in [0.25, 0.3) is 5.91 Å². The van der Waals surface area contributed by atoms with Crippen LogP contribution in [0.4, 0.5) is 0 Å². The van der Waals surface area contributed by atoms with E-state index in [0.717, 1.165) is 27.9 Å². The SMILES string of the molecule is Cc1ccc(-c2nc(C(=O)NCc3ccccc3)nn2-c2ccc(C)cc2)cc1. The van der Waals surface area contributed by atoms with Crippen LogP contribution in [0.5, 0.6) is 0 Å². The number of carbonyl (C=O) groups excluding carboxylic acids is 1. The molecular formula is C24H22N4O. The lowest BCUT2D eigenvalue weighted by molar-refractivity contribution is 0.0940. The zero-order chi connectivity index (χ0) is 20.2. The molecule has 0 aliphatic carbocycles. The summed E-state index contributed by atoms with van der Waals surface area (Å²) in [5.41, 5.74) is 5.12. The highest BCUT2D eigenvalue weighted by Gasteiger charge is 2.18. The molecule has 0 aliphatic rings. The number of hydrogen-bond acceptors (Lipinski definition) is 3. The van der Waals surface area contributed by atoms with Gasteiger partial charge in [-0.2, -0.15) is 0 Å². The van der Waals surface area contributed by atoms with Gasteiger partial charge in [0.2, 0.25) is 5.82 Å². The molecule has 4 aromatic rings. The number of nitrogens with one attached hydrogen (secondary N) is 1. The van der Waals surface area contributed by atoms with E-state index in [-0.39, 0.29) is 11.7 Å². The molecule has 0 fully saturated rings. The highest BCUT2D eigenvalue weighted by Crippen LogP contribution is 2.22. The molecule has 4 rings (SSSR count). The molecule has 1 N–H and O–H groups in total. The molecular weight excluding hydrogens is 360 g/mol. The molecule has 29 heavy (non-hydrogen) atoms. The van der Waals surface area contributed by atoms with Crippen LogP contribution in [0.25, 0.3) is 17.1 Å². The summed E-state index contributed by atoms with van der Waals surface area (Å²) in [6.45, 7) is 4.50. The van der Waals surface area contributed by atoms with Crippen molar-refractivity contribution in [3.05, 3.63) is 101 Å². The Kier molecular flexibility index (Phi) is 5.20. The van der Waals surface area contributed by atoms with Crippen LogP contribution >= 0.6 is 0 Å². The molecule has 0 bridgehead atoms. The number of nitrogens with zero attached hydrogens (tertiary/aromatic N) is 3. The zero-order valence-electron chi connectivity index (χ0n) is 16.5. The predicted molar refractivity (Wildman–Crippen MR) is 114 cm³/mol. The highest BCUT2D eigenvalue weighted by molar-refractivity contribution is 5.91. The van der Waals surface area contributed by atoms with Gasteiger partial charge in [-0.3, -0.25) is 4.79 Å².